The Bertz CT molecular complexity index is 1070. The van der Waals surface area contributed by atoms with Gasteiger partial charge in [0.15, 0.2) is 0 Å². The molecule has 1 amide bonds. The molecule has 1 aromatic heterocycles. The van der Waals surface area contributed by atoms with Crippen LogP contribution in [0.15, 0.2) is 23.2 Å². The fraction of sp³-hybridized carbons (Fsp3) is 0.552. The predicted molar refractivity (Wildman–Crippen MR) is 143 cm³/mol. The number of hydrogen-bond acceptors (Lipinski definition) is 4. The molecule has 184 valence electrons. The van der Waals surface area contributed by atoms with E-state index in [0.717, 1.165) is 54.6 Å². The van der Waals surface area contributed by atoms with Crippen LogP contribution in [0.2, 0.25) is 0 Å². The molecular formula is C29H42N4O. The number of pyridine rings is 1. The largest absolute Gasteiger partial charge is 0.398 e. The van der Waals surface area contributed by atoms with Crippen molar-refractivity contribution in [1.29, 1.82) is 0 Å². The van der Waals surface area contributed by atoms with Crippen molar-refractivity contribution >= 4 is 17.8 Å². The van der Waals surface area contributed by atoms with Crippen molar-refractivity contribution in [3.8, 4) is 0 Å². The summed E-state index contributed by atoms with van der Waals surface area (Å²) in [5.74, 6) is 0.395. The van der Waals surface area contributed by atoms with Gasteiger partial charge >= 0.3 is 0 Å². The Hall–Kier alpha value is -2.69. The smallest absolute Gasteiger partial charge is 0.251 e. The van der Waals surface area contributed by atoms with Crippen LogP contribution in [-0.2, 0) is 5.41 Å². The van der Waals surface area contributed by atoms with Crippen molar-refractivity contribution in [3.05, 3.63) is 57.4 Å². The first-order chi connectivity index (χ1) is 16.1. The van der Waals surface area contributed by atoms with Gasteiger partial charge in [0.05, 0.1) is 6.04 Å². The van der Waals surface area contributed by atoms with E-state index in [0.29, 0.717) is 29.8 Å². The number of nitrogens with one attached hydrogen (secondary N) is 1. The van der Waals surface area contributed by atoms with Crippen LogP contribution < -0.4 is 11.1 Å². The summed E-state index contributed by atoms with van der Waals surface area (Å²) in [6, 6.07) is 6.41. The maximum absolute atomic E-state index is 13.2. The molecule has 5 heteroatoms. The van der Waals surface area contributed by atoms with E-state index in [1.54, 1.807) is 0 Å². The highest BCUT2D eigenvalue weighted by Crippen LogP contribution is 2.33. The number of nitrogens with zero attached hydrogens (tertiary/aromatic N) is 2. The summed E-state index contributed by atoms with van der Waals surface area (Å²) in [6.45, 7) is 15.6. The third kappa shape index (κ3) is 5.86. The van der Waals surface area contributed by atoms with Crippen LogP contribution in [0, 0.1) is 20.8 Å². The molecule has 0 aliphatic heterocycles. The number of aromatic nitrogens is 1. The summed E-state index contributed by atoms with van der Waals surface area (Å²) in [4.78, 5) is 22.8. The molecule has 1 aliphatic carbocycles. The molecule has 1 aromatic carbocycles. The Morgan fingerprint density at radius 1 is 1.26 bits per heavy atom. The van der Waals surface area contributed by atoms with E-state index in [9.17, 15) is 4.79 Å². The number of nitrogen functional groups attached to an aromatic ring is 1. The van der Waals surface area contributed by atoms with Crippen molar-refractivity contribution in [2.45, 2.75) is 97.9 Å². The molecule has 1 fully saturated rings. The molecule has 2 unspecified atom stereocenters. The first kappa shape index (κ1) is 25.9. The average Bonchev–Trinajstić information content (AvgIpc) is 3.64. The first-order valence-electron chi connectivity index (χ1n) is 12.8. The Kier molecular flexibility index (Phi) is 8.17. The first-order valence-corrected chi connectivity index (χ1v) is 12.8. The van der Waals surface area contributed by atoms with Crippen molar-refractivity contribution in [3.63, 3.8) is 0 Å². The molecule has 1 heterocycles. The zero-order valence-corrected chi connectivity index (χ0v) is 22.1. The lowest BCUT2D eigenvalue weighted by Crippen LogP contribution is -2.39. The molecular weight excluding hydrogens is 420 g/mol. The highest BCUT2D eigenvalue weighted by Gasteiger charge is 2.30. The topological polar surface area (TPSA) is 80.4 Å². The van der Waals surface area contributed by atoms with Gasteiger partial charge in [-0.2, -0.15) is 0 Å². The summed E-state index contributed by atoms with van der Waals surface area (Å²) >= 11 is 0. The summed E-state index contributed by atoms with van der Waals surface area (Å²) < 4.78 is 0. The number of rotatable bonds is 10. The lowest BCUT2D eigenvalue weighted by atomic mass is 9.79. The van der Waals surface area contributed by atoms with Gasteiger partial charge in [-0.05, 0) is 87.3 Å². The van der Waals surface area contributed by atoms with Crippen molar-refractivity contribution in [1.82, 2.24) is 10.3 Å². The number of carbonyl (C=O) groups excluding carboxylic acids is 1. The minimum Gasteiger partial charge on any atom is -0.398 e. The fourth-order valence-corrected chi connectivity index (χ4v) is 4.51. The highest BCUT2D eigenvalue weighted by molar-refractivity contribution is 5.98. The monoisotopic (exact) mass is 462 g/mol. The summed E-state index contributed by atoms with van der Waals surface area (Å²) in [5, 5.41) is 3.21. The van der Waals surface area contributed by atoms with Crippen molar-refractivity contribution in [2.24, 2.45) is 4.99 Å². The zero-order chi connectivity index (χ0) is 25.0. The van der Waals surface area contributed by atoms with Crippen LogP contribution in [0.3, 0.4) is 0 Å². The third-order valence-corrected chi connectivity index (χ3v) is 7.41. The van der Waals surface area contributed by atoms with Gasteiger partial charge in [-0.25, -0.2) is 0 Å². The second-order valence-electron chi connectivity index (χ2n) is 10.4. The number of amides is 1. The summed E-state index contributed by atoms with van der Waals surface area (Å²) in [6.07, 6.45) is 7.15. The van der Waals surface area contributed by atoms with E-state index >= 15 is 0 Å². The lowest BCUT2D eigenvalue weighted by molar-refractivity contribution is 0.0942. The number of hydrogen-bond donors (Lipinski definition) is 2. The Morgan fingerprint density at radius 2 is 1.97 bits per heavy atom. The highest BCUT2D eigenvalue weighted by atomic mass is 16.1. The molecule has 0 saturated heterocycles. The molecule has 2 atom stereocenters. The van der Waals surface area contributed by atoms with E-state index in [1.807, 2.05) is 25.3 Å². The Labute approximate surface area is 205 Å². The molecule has 3 rings (SSSR count). The SMILES string of the molecule is CCCC(C)(CNC(=O)c1cc(C)c(N)c(C=NC2CC2)c1)c1cc(C(C)CC)c(C)c(C)n1. The van der Waals surface area contributed by atoms with Crippen LogP contribution in [0.5, 0.6) is 0 Å². The van der Waals surface area contributed by atoms with Crippen LogP contribution >= 0.6 is 0 Å². The molecule has 0 radical (unpaired) electrons. The summed E-state index contributed by atoms with van der Waals surface area (Å²) in [7, 11) is 0. The van der Waals surface area contributed by atoms with Gasteiger partial charge in [-0.1, -0.05) is 34.1 Å². The van der Waals surface area contributed by atoms with Gasteiger partial charge in [0, 0.05) is 46.4 Å². The van der Waals surface area contributed by atoms with Crippen molar-refractivity contribution in [2.75, 3.05) is 12.3 Å². The normalized spacial score (nSPS) is 16.4. The maximum Gasteiger partial charge on any atom is 0.251 e. The van der Waals surface area contributed by atoms with Crippen LogP contribution in [-0.4, -0.2) is 29.7 Å². The van der Waals surface area contributed by atoms with Gasteiger partial charge in [0.25, 0.3) is 5.91 Å². The van der Waals surface area contributed by atoms with Gasteiger partial charge in [0.2, 0.25) is 0 Å². The molecule has 0 spiro atoms. The fourth-order valence-electron chi connectivity index (χ4n) is 4.51. The molecule has 2 aromatic rings. The number of benzene rings is 1. The number of anilines is 1. The quantitative estimate of drug-likeness (QED) is 0.327. The van der Waals surface area contributed by atoms with Gasteiger partial charge < -0.3 is 11.1 Å². The number of aliphatic imine (C=N–C) groups is 1. The minimum absolute atomic E-state index is 0.0857. The molecule has 3 N–H and O–H groups in total. The van der Waals surface area contributed by atoms with Crippen LogP contribution in [0.4, 0.5) is 5.69 Å². The maximum atomic E-state index is 13.2. The van der Waals surface area contributed by atoms with Crippen molar-refractivity contribution < 1.29 is 4.79 Å². The number of aryl methyl sites for hydroxylation is 2. The molecule has 0 bridgehead atoms. The second-order valence-corrected chi connectivity index (χ2v) is 10.4. The zero-order valence-electron chi connectivity index (χ0n) is 22.1. The molecule has 34 heavy (non-hydrogen) atoms. The summed E-state index contributed by atoms with van der Waals surface area (Å²) in [5.41, 5.74) is 13.8. The minimum atomic E-state index is -0.246. The number of nitrogens with two attached hydrogens (primary N) is 1. The van der Waals surface area contributed by atoms with E-state index in [-0.39, 0.29) is 11.3 Å². The van der Waals surface area contributed by atoms with E-state index in [2.05, 4.69) is 57.9 Å². The van der Waals surface area contributed by atoms with Crippen LogP contribution in [0.1, 0.15) is 110 Å². The predicted octanol–water partition coefficient (Wildman–Crippen LogP) is 6.17. The Balaban J connectivity index is 1.85. The van der Waals surface area contributed by atoms with Gasteiger partial charge in [-0.15, -0.1) is 0 Å². The van der Waals surface area contributed by atoms with Gasteiger partial charge in [0.1, 0.15) is 0 Å². The lowest BCUT2D eigenvalue weighted by Gasteiger charge is -2.31. The average molecular weight is 463 g/mol. The van der Waals surface area contributed by atoms with Crippen LogP contribution in [0.25, 0.3) is 0 Å². The molecule has 5 nitrogen and oxygen atoms in total. The Morgan fingerprint density at radius 3 is 2.59 bits per heavy atom. The van der Waals surface area contributed by atoms with Gasteiger partial charge in [-0.3, -0.25) is 14.8 Å². The van der Waals surface area contributed by atoms with E-state index in [4.69, 9.17) is 10.7 Å². The second kappa shape index (κ2) is 10.7. The third-order valence-electron chi connectivity index (χ3n) is 7.41. The molecule has 1 saturated carbocycles. The van der Waals surface area contributed by atoms with E-state index < -0.39 is 0 Å². The number of carbonyl (C=O) groups is 1. The standard InChI is InChI=1S/C29H42N4O/c1-8-12-29(7,26-15-25(18(3)9-2)20(5)21(6)33-26)17-32-28(34)22-13-19(4)27(30)23(14-22)16-31-24-10-11-24/h13-16,18,24H,8-12,17,30H2,1-7H3,(H,32,34). The molecule has 1 aliphatic rings. The van der Waals surface area contributed by atoms with E-state index in [1.165, 1.54) is 11.1 Å².